The lowest BCUT2D eigenvalue weighted by molar-refractivity contribution is 0.0929. The van der Waals surface area contributed by atoms with Gasteiger partial charge in [0.2, 0.25) is 0 Å². The molecule has 0 fully saturated rings. The van der Waals surface area contributed by atoms with Crippen molar-refractivity contribution < 1.29 is 18.7 Å². The maximum absolute atomic E-state index is 12.3. The molecule has 1 amide bonds. The summed E-state index contributed by atoms with van der Waals surface area (Å²) in [4.78, 5) is 12.3. The Hall–Kier alpha value is -3.29. The molecule has 8 heteroatoms. The summed E-state index contributed by atoms with van der Waals surface area (Å²) in [6, 6.07) is 20.2. The van der Waals surface area contributed by atoms with Crippen molar-refractivity contribution in [2.45, 2.75) is 6.61 Å². The minimum Gasteiger partial charge on any atom is -0.493 e. The monoisotopic (exact) mass is 512 g/mol. The van der Waals surface area contributed by atoms with Crippen LogP contribution in [0.3, 0.4) is 0 Å². The molecule has 0 aliphatic carbocycles. The molecular weight excluding hydrogens is 496 g/mol. The SMILES string of the molecule is COc1cc(/C=N/NC(=O)c2cc3ccccc3o2)cc(Cl)c1OCc1ccc(Br)cc1. The number of para-hydroxylation sites is 1. The van der Waals surface area contributed by atoms with Crippen LogP contribution in [-0.2, 0) is 6.61 Å². The number of methoxy groups -OCH3 is 1. The summed E-state index contributed by atoms with van der Waals surface area (Å²) in [5.41, 5.74) is 4.71. The topological polar surface area (TPSA) is 73.1 Å². The fourth-order valence-corrected chi connectivity index (χ4v) is 3.54. The second-order valence-electron chi connectivity index (χ2n) is 6.80. The summed E-state index contributed by atoms with van der Waals surface area (Å²) in [6.45, 7) is 0.338. The molecule has 1 N–H and O–H groups in total. The zero-order valence-corrected chi connectivity index (χ0v) is 19.3. The van der Waals surface area contributed by atoms with Gasteiger partial charge in [0.25, 0.3) is 0 Å². The number of hydrazone groups is 1. The predicted octanol–water partition coefficient (Wildman–Crippen LogP) is 6.20. The molecule has 162 valence electrons. The number of benzene rings is 3. The van der Waals surface area contributed by atoms with Gasteiger partial charge >= 0.3 is 5.91 Å². The second kappa shape index (κ2) is 9.89. The Morgan fingerprint density at radius 1 is 1.16 bits per heavy atom. The van der Waals surface area contributed by atoms with Gasteiger partial charge in [-0.3, -0.25) is 4.79 Å². The summed E-state index contributed by atoms with van der Waals surface area (Å²) in [7, 11) is 1.53. The van der Waals surface area contributed by atoms with E-state index >= 15 is 0 Å². The van der Waals surface area contributed by atoms with Gasteiger partial charge in [0.1, 0.15) is 12.2 Å². The Morgan fingerprint density at radius 2 is 1.94 bits per heavy atom. The average Bonchev–Trinajstić information content (AvgIpc) is 3.23. The van der Waals surface area contributed by atoms with Gasteiger partial charge in [-0.15, -0.1) is 0 Å². The largest absolute Gasteiger partial charge is 0.493 e. The molecule has 0 aliphatic heterocycles. The van der Waals surface area contributed by atoms with Crippen LogP contribution in [0.2, 0.25) is 5.02 Å². The first-order chi connectivity index (χ1) is 15.5. The van der Waals surface area contributed by atoms with Crippen LogP contribution in [0.1, 0.15) is 21.7 Å². The van der Waals surface area contributed by atoms with E-state index in [-0.39, 0.29) is 5.76 Å². The number of furan rings is 1. The molecule has 0 bridgehead atoms. The van der Waals surface area contributed by atoms with E-state index in [1.165, 1.54) is 13.3 Å². The standard InChI is InChI=1S/C24H18BrClN2O4/c1-30-21-11-16(10-19(26)23(21)31-14-15-6-8-18(25)9-7-15)13-27-28-24(29)22-12-17-4-2-3-5-20(17)32-22/h2-13H,14H2,1H3,(H,28,29)/b27-13+. The van der Waals surface area contributed by atoms with E-state index in [4.69, 9.17) is 25.5 Å². The number of ether oxygens (including phenoxy) is 2. The molecule has 4 rings (SSSR count). The lowest BCUT2D eigenvalue weighted by Crippen LogP contribution is -2.16. The first-order valence-electron chi connectivity index (χ1n) is 9.60. The van der Waals surface area contributed by atoms with Crippen molar-refractivity contribution in [1.82, 2.24) is 5.43 Å². The Bertz CT molecular complexity index is 1250. The third kappa shape index (κ3) is 5.12. The van der Waals surface area contributed by atoms with Crippen LogP contribution < -0.4 is 14.9 Å². The predicted molar refractivity (Wildman–Crippen MR) is 128 cm³/mol. The van der Waals surface area contributed by atoms with Crippen LogP contribution >= 0.6 is 27.5 Å². The summed E-state index contributed by atoms with van der Waals surface area (Å²) in [6.07, 6.45) is 1.47. The average molecular weight is 514 g/mol. The minimum absolute atomic E-state index is 0.177. The first-order valence-corrected chi connectivity index (χ1v) is 10.8. The van der Waals surface area contributed by atoms with Crippen LogP contribution in [-0.4, -0.2) is 19.2 Å². The smallest absolute Gasteiger partial charge is 0.307 e. The number of fused-ring (bicyclic) bond motifs is 1. The van der Waals surface area contributed by atoms with Crippen LogP contribution in [0.5, 0.6) is 11.5 Å². The van der Waals surface area contributed by atoms with Crippen molar-refractivity contribution in [2.75, 3.05) is 7.11 Å². The maximum Gasteiger partial charge on any atom is 0.307 e. The zero-order valence-electron chi connectivity index (χ0n) is 17.0. The van der Waals surface area contributed by atoms with E-state index < -0.39 is 5.91 Å². The molecule has 32 heavy (non-hydrogen) atoms. The van der Waals surface area contributed by atoms with E-state index in [2.05, 4.69) is 26.5 Å². The van der Waals surface area contributed by atoms with Gasteiger partial charge in [-0.2, -0.15) is 5.10 Å². The van der Waals surface area contributed by atoms with Crippen molar-refractivity contribution in [3.8, 4) is 11.5 Å². The number of carbonyl (C=O) groups excluding carboxylic acids is 1. The molecular formula is C24H18BrClN2O4. The fourth-order valence-electron chi connectivity index (χ4n) is 3.00. The molecule has 0 spiro atoms. The molecule has 6 nitrogen and oxygen atoms in total. The van der Waals surface area contributed by atoms with E-state index in [1.807, 2.05) is 42.5 Å². The molecule has 3 aromatic carbocycles. The number of halogens is 2. The molecule has 0 radical (unpaired) electrons. The third-order valence-electron chi connectivity index (χ3n) is 4.58. The van der Waals surface area contributed by atoms with Gasteiger partial charge < -0.3 is 13.9 Å². The highest BCUT2D eigenvalue weighted by molar-refractivity contribution is 9.10. The van der Waals surface area contributed by atoms with Crippen molar-refractivity contribution in [3.05, 3.63) is 93.1 Å². The molecule has 0 saturated carbocycles. The number of hydrogen-bond acceptors (Lipinski definition) is 5. The minimum atomic E-state index is -0.454. The van der Waals surface area contributed by atoms with Crippen molar-refractivity contribution in [3.63, 3.8) is 0 Å². The number of carbonyl (C=O) groups is 1. The first kappa shape index (κ1) is 21.9. The molecule has 0 unspecified atom stereocenters. The van der Waals surface area contributed by atoms with Crippen molar-refractivity contribution >= 4 is 50.6 Å². The lowest BCUT2D eigenvalue weighted by Gasteiger charge is -2.13. The maximum atomic E-state index is 12.3. The fraction of sp³-hybridized carbons (Fsp3) is 0.0833. The van der Waals surface area contributed by atoms with E-state index in [0.29, 0.717) is 34.3 Å². The van der Waals surface area contributed by atoms with Crippen LogP contribution in [0.4, 0.5) is 0 Å². The summed E-state index contributed by atoms with van der Waals surface area (Å²) in [5, 5.41) is 5.20. The molecule has 4 aromatic rings. The Labute approximate surface area is 197 Å². The van der Waals surface area contributed by atoms with Crippen molar-refractivity contribution in [1.29, 1.82) is 0 Å². The van der Waals surface area contributed by atoms with Crippen LogP contribution in [0, 0.1) is 0 Å². The molecule has 0 saturated heterocycles. The number of rotatable bonds is 7. The van der Waals surface area contributed by atoms with E-state index in [0.717, 1.165) is 15.4 Å². The molecule has 0 atom stereocenters. The van der Waals surface area contributed by atoms with Gasteiger partial charge in [0.15, 0.2) is 17.3 Å². The van der Waals surface area contributed by atoms with Crippen molar-refractivity contribution in [2.24, 2.45) is 5.10 Å². The third-order valence-corrected chi connectivity index (χ3v) is 5.39. The Kier molecular flexibility index (Phi) is 6.78. The van der Waals surface area contributed by atoms with E-state index in [1.54, 1.807) is 24.3 Å². The number of hydrogen-bond donors (Lipinski definition) is 1. The summed E-state index contributed by atoms with van der Waals surface area (Å²) in [5.74, 6) is 0.612. The quantitative estimate of drug-likeness (QED) is 0.236. The summed E-state index contributed by atoms with van der Waals surface area (Å²) >= 11 is 9.82. The molecule has 1 heterocycles. The molecule has 0 aliphatic rings. The number of nitrogens with zero attached hydrogens (tertiary/aromatic N) is 1. The van der Waals surface area contributed by atoms with E-state index in [9.17, 15) is 4.79 Å². The summed E-state index contributed by atoms with van der Waals surface area (Å²) < 4.78 is 17.8. The normalized spacial score (nSPS) is 11.1. The number of amides is 1. The highest BCUT2D eigenvalue weighted by Gasteiger charge is 2.13. The lowest BCUT2D eigenvalue weighted by atomic mass is 10.2. The van der Waals surface area contributed by atoms with Crippen LogP contribution in [0.15, 0.2) is 80.7 Å². The zero-order chi connectivity index (χ0) is 22.5. The Morgan fingerprint density at radius 3 is 2.69 bits per heavy atom. The van der Waals surface area contributed by atoms with Gasteiger partial charge in [0.05, 0.1) is 18.3 Å². The molecule has 1 aromatic heterocycles. The Balaban J connectivity index is 1.44. The number of nitrogens with one attached hydrogen (secondary N) is 1. The highest BCUT2D eigenvalue weighted by Crippen LogP contribution is 2.36. The van der Waals surface area contributed by atoms with Gasteiger partial charge in [0, 0.05) is 9.86 Å². The van der Waals surface area contributed by atoms with Crippen LogP contribution in [0.25, 0.3) is 11.0 Å². The van der Waals surface area contributed by atoms with Gasteiger partial charge in [-0.05, 0) is 47.5 Å². The van der Waals surface area contributed by atoms with Gasteiger partial charge in [-0.1, -0.05) is 57.9 Å². The van der Waals surface area contributed by atoms with Gasteiger partial charge in [-0.25, -0.2) is 5.43 Å². The highest BCUT2D eigenvalue weighted by atomic mass is 79.9. The second-order valence-corrected chi connectivity index (χ2v) is 8.12.